The molecule has 0 aromatic carbocycles. The van der Waals surface area contributed by atoms with Gasteiger partial charge in [-0.15, -0.1) is 0 Å². The van der Waals surface area contributed by atoms with Crippen LogP contribution in [-0.4, -0.2) is 31.8 Å². The zero-order valence-electron chi connectivity index (χ0n) is 15.6. The molecular weight excluding hydrogens is 314 g/mol. The van der Waals surface area contributed by atoms with Gasteiger partial charge in [-0.05, 0) is 61.5 Å². The first-order chi connectivity index (χ1) is 12.0. The summed E-state index contributed by atoms with van der Waals surface area (Å²) < 4.78 is 17.8. The molecule has 2 unspecified atom stereocenters. The Labute approximate surface area is 150 Å². The van der Waals surface area contributed by atoms with Crippen LogP contribution in [-0.2, 0) is 14.2 Å². The maximum atomic E-state index is 6.68. The lowest BCUT2D eigenvalue weighted by Crippen LogP contribution is -2.56. The maximum Gasteiger partial charge on any atom is 0.172 e. The van der Waals surface area contributed by atoms with Crippen LogP contribution in [0.4, 0.5) is 0 Å². The normalized spacial score (nSPS) is 45.2. The average Bonchev–Trinajstić information content (AvgIpc) is 3.18. The molecule has 4 nitrogen and oxygen atoms in total. The van der Waals surface area contributed by atoms with Crippen LogP contribution >= 0.6 is 0 Å². The molecule has 0 aromatic heterocycles. The topological polar surface area (TPSA) is 53.7 Å². The van der Waals surface area contributed by atoms with E-state index in [4.69, 9.17) is 19.9 Å². The zero-order valence-corrected chi connectivity index (χ0v) is 15.6. The van der Waals surface area contributed by atoms with Gasteiger partial charge in [-0.2, -0.15) is 0 Å². The smallest absolute Gasteiger partial charge is 0.172 e. The summed E-state index contributed by atoms with van der Waals surface area (Å²) in [6.45, 7) is 3.87. The molecule has 5 rings (SSSR count). The average molecular weight is 345 g/mol. The van der Waals surface area contributed by atoms with Crippen molar-refractivity contribution in [2.24, 2.45) is 23.0 Å². The van der Waals surface area contributed by atoms with E-state index in [0.717, 1.165) is 45.3 Å². The number of ether oxygens (including phenoxy) is 3. The highest BCUT2D eigenvalue weighted by Gasteiger charge is 2.60. The highest BCUT2D eigenvalue weighted by atomic mass is 16.7. The molecule has 5 aliphatic rings. The van der Waals surface area contributed by atoms with Crippen LogP contribution < -0.4 is 5.73 Å². The van der Waals surface area contributed by atoms with Crippen molar-refractivity contribution in [3.8, 4) is 0 Å². The molecule has 25 heavy (non-hydrogen) atoms. The van der Waals surface area contributed by atoms with Crippen LogP contribution in [0.15, 0.2) is 22.8 Å². The summed E-state index contributed by atoms with van der Waals surface area (Å²) in [5.41, 5.74) is 11.2. The minimum Gasteiger partial charge on any atom is -0.364 e. The zero-order chi connectivity index (χ0) is 17.3. The van der Waals surface area contributed by atoms with Gasteiger partial charge in [-0.1, -0.05) is 18.6 Å². The summed E-state index contributed by atoms with van der Waals surface area (Å²) in [6.07, 6.45) is 11.3. The van der Waals surface area contributed by atoms with Crippen molar-refractivity contribution in [3.63, 3.8) is 0 Å². The first-order valence-corrected chi connectivity index (χ1v) is 10.0. The third-order valence-electron chi connectivity index (χ3n) is 8.19. The van der Waals surface area contributed by atoms with Gasteiger partial charge in [0.1, 0.15) is 5.72 Å². The van der Waals surface area contributed by atoms with Crippen molar-refractivity contribution in [2.75, 3.05) is 20.3 Å². The Morgan fingerprint density at radius 3 is 2.72 bits per heavy atom. The second kappa shape index (κ2) is 5.41. The van der Waals surface area contributed by atoms with E-state index >= 15 is 0 Å². The molecule has 0 aromatic rings. The first kappa shape index (κ1) is 16.5. The van der Waals surface area contributed by atoms with Gasteiger partial charge in [0.05, 0.1) is 13.2 Å². The molecule has 1 saturated carbocycles. The van der Waals surface area contributed by atoms with Gasteiger partial charge in [0.2, 0.25) is 0 Å². The van der Waals surface area contributed by atoms with Crippen molar-refractivity contribution < 1.29 is 14.2 Å². The van der Waals surface area contributed by atoms with Gasteiger partial charge in [-0.25, -0.2) is 0 Å². The van der Waals surface area contributed by atoms with Crippen LogP contribution in [0, 0.1) is 17.3 Å². The third kappa shape index (κ3) is 2.14. The molecule has 1 saturated heterocycles. The molecular formula is C21H31NO3. The molecule has 4 aliphatic carbocycles. The van der Waals surface area contributed by atoms with E-state index < -0.39 is 5.72 Å². The predicted molar refractivity (Wildman–Crippen MR) is 95.7 cm³/mol. The lowest BCUT2D eigenvalue weighted by molar-refractivity contribution is -0.164. The number of rotatable bonds is 1. The van der Waals surface area contributed by atoms with E-state index in [1.54, 1.807) is 23.8 Å². The van der Waals surface area contributed by atoms with Crippen molar-refractivity contribution >= 4 is 0 Å². The molecule has 0 bridgehead atoms. The molecule has 1 aliphatic heterocycles. The second-order valence-corrected chi connectivity index (χ2v) is 9.03. The van der Waals surface area contributed by atoms with E-state index in [2.05, 4.69) is 13.0 Å². The van der Waals surface area contributed by atoms with Gasteiger partial charge < -0.3 is 19.9 Å². The van der Waals surface area contributed by atoms with Gasteiger partial charge in [0, 0.05) is 25.4 Å². The minimum absolute atomic E-state index is 0.0710. The Morgan fingerprint density at radius 1 is 1.16 bits per heavy atom. The summed E-state index contributed by atoms with van der Waals surface area (Å²) in [7, 11) is 1.79. The molecule has 138 valence electrons. The molecule has 4 heteroatoms. The minimum atomic E-state index is -0.462. The predicted octanol–water partition coefficient (Wildman–Crippen LogP) is 3.67. The van der Waals surface area contributed by atoms with E-state index in [-0.39, 0.29) is 11.2 Å². The number of allylic oxidation sites excluding steroid dienone is 3. The Balaban J connectivity index is 1.48. The fourth-order valence-electron chi connectivity index (χ4n) is 6.66. The van der Waals surface area contributed by atoms with Crippen LogP contribution in [0.2, 0.25) is 0 Å². The monoisotopic (exact) mass is 345 g/mol. The number of hydrogen-bond donors (Lipinski definition) is 1. The van der Waals surface area contributed by atoms with Gasteiger partial charge >= 0.3 is 0 Å². The van der Waals surface area contributed by atoms with Gasteiger partial charge in [-0.3, -0.25) is 0 Å². The van der Waals surface area contributed by atoms with Crippen LogP contribution in [0.5, 0.6) is 0 Å². The Kier molecular flexibility index (Phi) is 3.57. The first-order valence-electron chi connectivity index (χ1n) is 10.0. The standard InChI is InChI=1S/C21H31NO3/c1-19-8-5-16-15-6-9-20(24-11-12-25-20)13-14(15)3-4-17(16)18(19)7-10-21(19,22)23-2/h5,17-18H,3-4,6-13,22H2,1-2H3/t17?,18?,19-,21+/m0/s1. The molecule has 1 heterocycles. The van der Waals surface area contributed by atoms with Crippen LogP contribution in [0.25, 0.3) is 0 Å². The summed E-state index contributed by atoms with van der Waals surface area (Å²) in [4.78, 5) is 0. The molecule has 2 fully saturated rings. The quantitative estimate of drug-likeness (QED) is 0.737. The summed E-state index contributed by atoms with van der Waals surface area (Å²) in [5, 5.41) is 0. The molecule has 0 amide bonds. The lowest BCUT2D eigenvalue weighted by Gasteiger charge is -2.51. The number of fused-ring (bicyclic) bond motifs is 4. The number of hydrogen-bond acceptors (Lipinski definition) is 4. The number of nitrogens with two attached hydrogens (primary N) is 1. The number of methoxy groups -OCH3 is 1. The van der Waals surface area contributed by atoms with Crippen molar-refractivity contribution in [1.29, 1.82) is 0 Å². The highest BCUT2D eigenvalue weighted by Crippen LogP contribution is 2.62. The second-order valence-electron chi connectivity index (χ2n) is 9.03. The fourth-order valence-corrected chi connectivity index (χ4v) is 6.66. The van der Waals surface area contributed by atoms with Crippen molar-refractivity contribution in [2.45, 2.75) is 69.8 Å². The van der Waals surface area contributed by atoms with Crippen LogP contribution in [0.1, 0.15) is 58.3 Å². The summed E-state index contributed by atoms with van der Waals surface area (Å²) in [5.74, 6) is 1.02. The lowest BCUT2D eigenvalue weighted by atomic mass is 9.57. The Morgan fingerprint density at radius 2 is 1.96 bits per heavy atom. The molecule has 1 spiro atoms. The van der Waals surface area contributed by atoms with E-state index in [9.17, 15) is 0 Å². The molecule has 0 radical (unpaired) electrons. The fraction of sp³-hybridized carbons (Fsp3) is 0.810. The summed E-state index contributed by atoms with van der Waals surface area (Å²) >= 11 is 0. The Bertz CT molecular complexity index is 648. The largest absolute Gasteiger partial charge is 0.364 e. The van der Waals surface area contributed by atoms with Crippen molar-refractivity contribution in [3.05, 3.63) is 22.8 Å². The van der Waals surface area contributed by atoms with E-state index in [0.29, 0.717) is 11.8 Å². The van der Waals surface area contributed by atoms with Gasteiger partial charge in [0.25, 0.3) is 0 Å². The van der Waals surface area contributed by atoms with Crippen molar-refractivity contribution in [1.82, 2.24) is 0 Å². The van der Waals surface area contributed by atoms with E-state index in [1.165, 1.54) is 19.3 Å². The Hall–Kier alpha value is -0.680. The van der Waals surface area contributed by atoms with Gasteiger partial charge in [0.15, 0.2) is 5.79 Å². The van der Waals surface area contributed by atoms with Crippen LogP contribution in [0.3, 0.4) is 0 Å². The highest BCUT2D eigenvalue weighted by molar-refractivity contribution is 5.45. The van der Waals surface area contributed by atoms with E-state index in [1.807, 2.05) is 0 Å². The molecule has 4 atom stereocenters. The maximum absolute atomic E-state index is 6.68. The third-order valence-corrected chi connectivity index (χ3v) is 8.19. The molecule has 2 N–H and O–H groups in total. The summed E-state index contributed by atoms with van der Waals surface area (Å²) in [6, 6.07) is 0. The SMILES string of the molecule is CO[C@]1(N)CCC2C3CCC4=C(CCC5(C4)OCCO5)C3=CC[C@@]21C.